The molecule has 18 heteroatoms. The van der Waals surface area contributed by atoms with Gasteiger partial charge in [-0.1, -0.05) is 55.8 Å². The molecular weight excluding hydrogens is 895 g/mol. The van der Waals surface area contributed by atoms with Gasteiger partial charge in [-0.3, -0.25) is 29.0 Å². The van der Waals surface area contributed by atoms with E-state index in [1.54, 1.807) is 60.7 Å². The molecule has 2 aliphatic heterocycles. The molecule has 8 rings (SSSR count). The van der Waals surface area contributed by atoms with Crippen LogP contribution in [0.5, 0.6) is 5.75 Å². The van der Waals surface area contributed by atoms with Gasteiger partial charge in [0.1, 0.15) is 23.1 Å². The topological polar surface area (TPSA) is 252 Å². The molecule has 1 fully saturated rings. The quantitative estimate of drug-likeness (QED) is 0.0592. The van der Waals surface area contributed by atoms with Gasteiger partial charge >= 0.3 is 5.97 Å². The number of carbonyl (C=O) groups is 5. The molecule has 3 atom stereocenters. The number of alkyl halides is 2. The van der Waals surface area contributed by atoms with Gasteiger partial charge < -0.3 is 40.6 Å². The number of nitrogens with one attached hydrogen (secondary N) is 3. The Balaban J connectivity index is 0.000000239. The van der Waals surface area contributed by atoms with Gasteiger partial charge in [0.25, 0.3) is 11.8 Å². The summed E-state index contributed by atoms with van der Waals surface area (Å²) in [5.41, 5.74) is 5.29. The van der Waals surface area contributed by atoms with Crippen LogP contribution in [0.2, 0.25) is 0 Å². The smallest absolute Gasteiger partial charge is 0.336 e. The average Bonchev–Trinajstić information content (AvgIpc) is 3.66. The van der Waals surface area contributed by atoms with Gasteiger partial charge in [0.15, 0.2) is 5.43 Å². The monoisotopic (exact) mass is 942 g/mol. The van der Waals surface area contributed by atoms with E-state index in [0.717, 1.165) is 21.6 Å². The Kier molecular flexibility index (Phi) is 16.0. The lowest BCUT2D eigenvalue weighted by Crippen LogP contribution is -2.43. The number of carboxylic acids is 1. The summed E-state index contributed by atoms with van der Waals surface area (Å²) >= 11 is 0. The predicted octanol–water partition coefficient (Wildman–Crippen LogP) is 6.21. The molecule has 4 aromatic rings. The summed E-state index contributed by atoms with van der Waals surface area (Å²) in [6.07, 6.45) is 6.07. The van der Waals surface area contributed by atoms with Crippen LogP contribution in [0, 0.1) is 24.2 Å². The van der Waals surface area contributed by atoms with Crippen molar-refractivity contribution in [3.8, 4) is 34.3 Å². The van der Waals surface area contributed by atoms with Crippen LogP contribution >= 0.6 is 0 Å². The van der Waals surface area contributed by atoms with Crippen molar-refractivity contribution in [2.45, 2.75) is 51.7 Å². The number of rotatable bonds is 12. The Hall–Kier alpha value is -8.30. The number of likely N-dealkylation sites (tertiary alicyclic amines) is 1. The van der Waals surface area contributed by atoms with Gasteiger partial charge in [-0.15, -0.1) is 0 Å². The van der Waals surface area contributed by atoms with Crippen molar-refractivity contribution in [1.29, 1.82) is 5.26 Å². The zero-order valence-electron chi connectivity index (χ0n) is 37.7. The number of benzene rings is 4. The summed E-state index contributed by atoms with van der Waals surface area (Å²) < 4.78 is 33.2. The highest BCUT2D eigenvalue weighted by Gasteiger charge is 2.47. The van der Waals surface area contributed by atoms with Crippen LogP contribution in [-0.4, -0.2) is 99.6 Å². The number of halogens is 2. The first-order valence-corrected chi connectivity index (χ1v) is 21.9. The second kappa shape index (κ2) is 22.0. The van der Waals surface area contributed by atoms with Crippen molar-refractivity contribution in [3.05, 3.63) is 136 Å². The van der Waals surface area contributed by atoms with E-state index in [2.05, 4.69) is 20.9 Å². The van der Waals surface area contributed by atoms with E-state index in [1.807, 2.05) is 32.9 Å². The van der Waals surface area contributed by atoms with E-state index in [-0.39, 0.29) is 47.2 Å². The van der Waals surface area contributed by atoms with Crippen LogP contribution < -0.4 is 21.4 Å². The number of nitrogens with zero attached hydrogens (tertiary/aromatic N) is 3. The number of carboxylic acid groups (broad SMARTS) is 1. The van der Waals surface area contributed by atoms with E-state index in [0.29, 0.717) is 57.2 Å². The number of phenols is 1. The van der Waals surface area contributed by atoms with Gasteiger partial charge in [-0.25, -0.2) is 13.6 Å². The summed E-state index contributed by atoms with van der Waals surface area (Å²) in [5, 5.41) is 47.5. The van der Waals surface area contributed by atoms with Crippen LogP contribution in [0.3, 0.4) is 0 Å². The van der Waals surface area contributed by atoms with E-state index < -0.39 is 55.4 Å². The highest BCUT2D eigenvalue weighted by atomic mass is 19.3. The maximum atomic E-state index is 13.7. The Morgan fingerprint density at radius 3 is 2.48 bits per heavy atom. The van der Waals surface area contributed by atoms with Crippen LogP contribution in [0.25, 0.3) is 49.9 Å². The molecule has 2 aliphatic carbocycles. The number of nitriles is 1. The second-order valence-electron chi connectivity index (χ2n) is 15.9. The number of amides is 4. The number of allylic oxidation sites excluding steroid dienone is 2. The highest BCUT2D eigenvalue weighted by Crippen LogP contribution is 2.42. The van der Waals surface area contributed by atoms with Crippen LogP contribution in [0.4, 0.5) is 8.78 Å². The minimum atomic E-state index is -3.16. The Labute approximate surface area is 393 Å². The number of aromatic nitrogens is 1. The lowest BCUT2D eigenvalue weighted by Gasteiger charge is -2.23. The van der Waals surface area contributed by atoms with Gasteiger partial charge in [0, 0.05) is 59.1 Å². The standard InChI is InChI=1S/C28H28F2N6O5.C21H14O5.C2H6/c29-28(30)11-20(12-31)36(15-28)26(40)14-35-27(41)21-6-8-33-23-3-1-18(10-22(21)23)17-2-4-24(38)19(9-17)5-7-34-25(39)13-32-16-37;1-11-2-5-14(21(24)25)17(8-11)20-15-6-3-12(22)9-18(15)26-19-10-13(23)4-7-16(19)20;1-2/h1-4,6,8-10,16,19-20,24,38H,5,7,11,13-15H2,(H,32,37)(H,34,39)(H,35,41);2-10,22H,1H3,(H,24,25);1-2H3. The zero-order chi connectivity index (χ0) is 50.0. The molecule has 6 N–H and O–H groups in total. The summed E-state index contributed by atoms with van der Waals surface area (Å²) in [5.74, 6) is -5.87. The minimum Gasteiger partial charge on any atom is -0.508 e. The number of aromatic carboxylic acids is 1. The van der Waals surface area contributed by atoms with Crippen molar-refractivity contribution >= 4 is 57.5 Å². The lowest BCUT2D eigenvalue weighted by atomic mass is 9.87. The molecule has 16 nitrogen and oxygen atoms in total. The molecule has 3 unspecified atom stereocenters. The van der Waals surface area contributed by atoms with Gasteiger partial charge in [0.2, 0.25) is 18.2 Å². The minimum absolute atomic E-state index is 0.0209. The number of fused-ring (bicyclic) bond motifs is 3. The lowest BCUT2D eigenvalue weighted by molar-refractivity contribution is -0.131. The van der Waals surface area contributed by atoms with E-state index in [9.17, 15) is 52.9 Å². The molecule has 1 aromatic heterocycles. The van der Waals surface area contributed by atoms with Crippen molar-refractivity contribution in [2.75, 3.05) is 26.2 Å². The maximum Gasteiger partial charge on any atom is 0.336 e. The van der Waals surface area contributed by atoms with Gasteiger partial charge in [-0.2, -0.15) is 5.26 Å². The molecule has 4 amide bonds. The number of aromatic hydroxyl groups is 1. The third kappa shape index (κ3) is 11.8. The fourth-order valence-electron chi connectivity index (χ4n) is 8.02. The van der Waals surface area contributed by atoms with E-state index in [1.165, 1.54) is 36.5 Å². The normalized spacial score (nSPS) is 16.8. The first-order chi connectivity index (χ1) is 33.0. The largest absolute Gasteiger partial charge is 0.508 e. The fraction of sp³-hybridized carbons (Fsp3) is 0.255. The number of aliphatic hydroxyl groups is 1. The number of carbonyl (C=O) groups excluding carboxylic acids is 4. The molecule has 4 aliphatic rings. The van der Waals surface area contributed by atoms with Crippen molar-refractivity contribution in [2.24, 2.45) is 5.92 Å². The predicted molar refractivity (Wildman–Crippen MR) is 252 cm³/mol. The van der Waals surface area contributed by atoms with Gasteiger partial charge in [-0.05, 0) is 78.6 Å². The molecule has 0 saturated carbocycles. The molecule has 0 bridgehead atoms. The Bertz CT molecular complexity index is 3070. The zero-order valence-corrected chi connectivity index (χ0v) is 37.7. The number of pyridine rings is 1. The number of hydrogen-bond donors (Lipinski definition) is 6. The van der Waals surface area contributed by atoms with Crippen LogP contribution in [-0.2, 0) is 14.4 Å². The summed E-state index contributed by atoms with van der Waals surface area (Å²) in [6, 6.07) is 21.4. The summed E-state index contributed by atoms with van der Waals surface area (Å²) in [7, 11) is 0. The molecule has 3 heterocycles. The first kappa shape index (κ1) is 50.1. The Morgan fingerprint density at radius 2 is 1.74 bits per heavy atom. The molecule has 356 valence electrons. The molecule has 3 aromatic carbocycles. The third-order valence-corrected chi connectivity index (χ3v) is 11.3. The van der Waals surface area contributed by atoms with Gasteiger partial charge in [0.05, 0.1) is 48.5 Å². The number of phenolic OH excluding ortho intramolecular Hbond substituents is 1. The van der Waals surface area contributed by atoms with Crippen molar-refractivity contribution in [1.82, 2.24) is 25.8 Å². The fourth-order valence-corrected chi connectivity index (χ4v) is 8.02. The molecule has 1 saturated heterocycles. The maximum absolute atomic E-state index is 13.7. The summed E-state index contributed by atoms with van der Waals surface area (Å²) in [6.45, 7) is 4.61. The van der Waals surface area contributed by atoms with Crippen LogP contribution in [0.1, 0.15) is 58.5 Å². The third-order valence-electron chi connectivity index (χ3n) is 11.3. The van der Waals surface area contributed by atoms with Crippen LogP contribution in [0.15, 0.2) is 112 Å². The van der Waals surface area contributed by atoms with Crippen molar-refractivity contribution in [3.63, 3.8) is 0 Å². The molecule has 0 spiro atoms. The Morgan fingerprint density at radius 1 is 0.957 bits per heavy atom. The summed E-state index contributed by atoms with van der Waals surface area (Å²) in [4.78, 5) is 76.2. The highest BCUT2D eigenvalue weighted by molar-refractivity contribution is 6.09. The SMILES string of the molecule is CC.Cc1ccc(C(=O)O)c(-c2c3ccc(=O)cc-3oc3cc(O)ccc23)c1.N#CC1CC(F)(F)CN1C(=O)CNC(=O)c1ccnc2ccc(C3=CC(CCNC(=O)CNC=O)C(O)C=C3)cc12. The number of aryl methyl sites for hydroxylation is 1. The van der Waals surface area contributed by atoms with E-state index in [4.69, 9.17) is 9.68 Å². The first-order valence-electron chi connectivity index (χ1n) is 21.9. The van der Waals surface area contributed by atoms with E-state index >= 15 is 0 Å². The second-order valence-corrected chi connectivity index (χ2v) is 15.9. The molecule has 69 heavy (non-hydrogen) atoms. The number of aliphatic hydroxyl groups excluding tert-OH is 1. The average molecular weight is 943 g/mol. The number of hydrogen-bond acceptors (Lipinski definition) is 11. The molecule has 0 radical (unpaired) electrons. The van der Waals surface area contributed by atoms with Crippen molar-refractivity contribution < 1.29 is 52.5 Å². The molecular formula is C51H48F2N6O10.